The molecule has 1 unspecified atom stereocenters. The highest BCUT2D eigenvalue weighted by atomic mass is 16.3. The van der Waals surface area contributed by atoms with Gasteiger partial charge in [-0.25, -0.2) is 0 Å². The van der Waals surface area contributed by atoms with E-state index in [4.69, 9.17) is 0 Å². The minimum atomic E-state index is -0.489. The van der Waals surface area contributed by atoms with Crippen LogP contribution in [-0.4, -0.2) is 42.8 Å². The molecule has 0 amide bonds. The molecule has 0 saturated heterocycles. The van der Waals surface area contributed by atoms with E-state index in [-0.39, 0.29) is 5.60 Å². The lowest BCUT2D eigenvalue weighted by molar-refractivity contribution is 0.00543. The van der Waals surface area contributed by atoms with E-state index in [9.17, 15) is 20.4 Å². The molecule has 4 nitrogen and oxygen atoms in total. The normalized spacial score (nSPS) is 29.9. The van der Waals surface area contributed by atoms with E-state index in [1.165, 1.54) is 22.3 Å². The zero-order valence-electron chi connectivity index (χ0n) is 30.6. The van der Waals surface area contributed by atoms with Crippen molar-refractivity contribution in [2.45, 2.75) is 188 Å². The van der Waals surface area contributed by atoms with Crippen molar-refractivity contribution in [3.8, 4) is 0 Å². The molecule has 0 spiro atoms. The molecular formula is C40H72O4. The summed E-state index contributed by atoms with van der Waals surface area (Å²) >= 11 is 0. The summed E-state index contributed by atoms with van der Waals surface area (Å²) in [4.78, 5) is 0. The number of hydrogen-bond acceptors (Lipinski definition) is 4. The standard InChI is InChI=1S/4C10H18O/c2*1-8-4-6-9(7-5-8)10(2,3)11;2*1-8(2)9-4-6-10(3,11)7-5-9/h4,9,11H,5-7H2,1-3H3;9,11H,1,4-7H2,2-3H3;11H,4-7H2,1-3H3;9,11H,1,4-7H2,2-3H3. The fraction of sp³-hybridized carbons (Fsp3) is 0.800. The Labute approximate surface area is 272 Å². The minimum Gasteiger partial charge on any atom is -0.390 e. The zero-order valence-corrected chi connectivity index (χ0v) is 30.6. The highest BCUT2D eigenvalue weighted by molar-refractivity contribution is 5.13. The van der Waals surface area contributed by atoms with Crippen LogP contribution in [0.5, 0.6) is 0 Å². The number of hydrogen-bond donors (Lipinski definition) is 4. The molecule has 256 valence electrons. The van der Waals surface area contributed by atoms with Crippen LogP contribution in [0.3, 0.4) is 0 Å². The lowest BCUT2D eigenvalue weighted by Gasteiger charge is -2.33. The van der Waals surface area contributed by atoms with Crippen LogP contribution in [0.1, 0.15) is 166 Å². The van der Waals surface area contributed by atoms with E-state index < -0.39 is 16.8 Å². The SMILES string of the molecule is C=C(C)C1CCC(C)(O)CC1.C=C1CCC(C(C)(C)O)CC1.CC(C)=C1CCC(C)(O)CC1.CC1=CCC(C(C)(C)O)CC1. The quantitative estimate of drug-likeness (QED) is 0.238. The second-order valence-corrected chi connectivity index (χ2v) is 16.6. The molecule has 4 heteroatoms. The first kappa shape index (κ1) is 40.8. The number of aliphatic hydroxyl groups is 4. The van der Waals surface area contributed by atoms with Crippen LogP contribution in [0.4, 0.5) is 0 Å². The monoisotopic (exact) mass is 617 g/mol. The summed E-state index contributed by atoms with van der Waals surface area (Å²) in [5.41, 5.74) is 5.34. The molecule has 4 aliphatic rings. The fourth-order valence-corrected chi connectivity index (χ4v) is 6.66. The van der Waals surface area contributed by atoms with Gasteiger partial charge >= 0.3 is 0 Å². The van der Waals surface area contributed by atoms with Gasteiger partial charge in [-0.1, -0.05) is 47.1 Å². The Hall–Kier alpha value is -1.20. The summed E-state index contributed by atoms with van der Waals surface area (Å²) in [6.45, 7) is 28.0. The molecule has 0 heterocycles. The molecule has 0 aromatic rings. The van der Waals surface area contributed by atoms with E-state index in [1.807, 2.05) is 41.5 Å². The van der Waals surface area contributed by atoms with Crippen LogP contribution in [0.25, 0.3) is 0 Å². The van der Waals surface area contributed by atoms with Gasteiger partial charge in [0, 0.05) is 0 Å². The van der Waals surface area contributed by atoms with Gasteiger partial charge in [0.15, 0.2) is 0 Å². The average Bonchev–Trinajstić information content (AvgIpc) is 2.89. The molecule has 0 aliphatic heterocycles. The Kier molecular flexibility index (Phi) is 16.4. The van der Waals surface area contributed by atoms with Gasteiger partial charge in [0.1, 0.15) is 0 Å². The van der Waals surface area contributed by atoms with E-state index in [2.05, 4.69) is 46.9 Å². The largest absolute Gasteiger partial charge is 0.390 e. The summed E-state index contributed by atoms with van der Waals surface area (Å²) in [5.74, 6) is 1.61. The summed E-state index contributed by atoms with van der Waals surface area (Å²) in [6.07, 6.45) is 18.2. The van der Waals surface area contributed by atoms with Gasteiger partial charge in [0.2, 0.25) is 0 Å². The van der Waals surface area contributed by atoms with Crippen molar-refractivity contribution < 1.29 is 20.4 Å². The van der Waals surface area contributed by atoms with Crippen molar-refractivity contribution >= 4 is 0 Å². The molecule has 4 N–H and O–H groups in total. The Morgan fingerprint density at radius 3 is 1.52 bits per heavy atom. The van der Waals surface area contributed by atoms with E-state index in [0.29, 0.717) is 17.8 Å². The molecule has 44 heavy (non-hydrogen) atoms. The molecule has 3 fully saturated rings. The minimum absolute atomic E-state index is 0.390. The van der Waals surface area contributed by atoms with Gasteiger partial charge in [-0.15, -0.1) is 0 Å². The summed E-state index contributed by atoms with van der Waals surface area (Å²) in [6, 6.07) is 0. The topological polar surface area (TPSA) is 80.9 Å². The second-order valence-electron chi connectivity index (χ2n) is 16.6. The predicted molar refractivity (Wildman–Crippen MR) is 190 cm³/mol. The Morgan fingerprint density at radius 1 is 0.727 bits per heavy atom. The lowest BCUT2D eigenvalue weighted by Crippen LogP contribution is -2.32. The van der Waals surface area contributed by atoms with Crippen molar-refractivity contribution in [2.24, 2.45) is 17.8 Å². The average molecular weight is 617 g/mol. The molecule has 3 saturated carbocycles. The van der Waals surface area contributed by atoms with E-state index in [1.54, 1.807) is 5.57 Å². The molecule has 4 rings (SSSR count). The van der Waals surface area contributed by atoms with Gasteiger partial charge in [-0.3, -0.25) is 0 Å². The molecule has 1 atom stereocenters. The van der Waals surface area contributed by atoms with Crippen molar-refractivity contribution in [1.82, 2.24) is 0 Å². The maximum absolute atomic E-state index is 9.70. The van der Waals surface area contributed by atoms with Gasteiger partial charge in [-0.2, -0.15) is 0 Å². The Bertz CT molecular complexity index is 930. The second kappa shape index (κ2) is 17.6. The third kappa shape index (κ3) is 16.4. The number of allylic oxidation sites excluding steroid dienone is 6. The Morgan fingerprint density at radius 2 is 1.16 bits per heavy atom. The molecule has 0 radical (unpaired) electrons. The van der Waals surface area contributed by atoms with E-state index in [0.717, 1.165) is 96.3 Å². The van der Waals surface area contributed by atoms with Crippen LogP contribution in [-0.2, 0) is 0 Å². The Balaban J connectivity index is 0.000000293. The molecule has 4 aliphatic carbocycles. The first-order chi connectivity index (χ1) is 20.0. The van der Waals surface area contributed by atoms with Crippen LogP contribution in [0, 0.1) is 17.8 Å². The third-order valence-corrected chi connectivity index (χ3v) is 10.7. The zero-order chi connectivity index (χ0) is 33.9. The van der Waals surface area contributed by atoms with Crippen LogP contribution < -0.4 is 0 Å². The van der Waals surface area contributed by atoms with Crippen molar-refractivity contribution in [1.29, 1.82) is 0 Å². The fourth-order valence-electron chi connectivity index (χ4n) is 6.66. The first-order valence-corrected chi connectivity index (χ1v) is 17.5. The lowest BCUT2D eigenvalue weighted by atomic mass is 9.77. The van der Waals surface area contributed by atoms with Gasteiger partial charge < -0.3 is 20.4 Å². The van der Waals surface area contributed by atoms with Crippen LogP contribution in [0.15, 0.2) is 47.1 Å². The molecule has 0 aromatic heterocycles. The highest BCUT2D eigenvalue weighted by Gasteiger charge is 2.30. The van der Waals surface area contributed by atoms with Gasteiger partial charge in [0.05, 0.1) is 22.4 Å². The first-order valence-electron chi connectivity index (χ1n) is 17.5. The van der Waals surface area contributed by atoms with Gasteiger partial charge in [0.25, 0.3) is 0 Å². The highest BCUT2D eigenvalue weighted by Crippen LogP contribution is 2.36. The van der Waals surface area contributed by atoms with E-state index >= 15 is 0 Å². The molecular weight excluding hydrogens is 544 g/mol. The summed E-state index contributed by atoms with van der Waals surface area (Å²) < 4.78 is 0. The summed E-state index contributed by atoms with van der Waals surface area (Å²) in [5, 5.41) is 38.7. The van der Waals surface area contributed by atoms with Crippen molar-refractivity contribution in [3.05, 3.63) is 47.1 Å². The third-order valence-electron chi connectivity index (χ3n) is 10.7. The van der Waals surface area contributed by atoms with Gasteiger partial charge in [-0.05, 0) is 183 Å². The maximum Gasteiger partial charge on any atom is 0.0625 e. The maximum atomic E-state index is 9.70. The molecule has 0 bridgehead atoms. The molecule has 0 aromatic carbocycles. The van der Waals surface area contributed by atoms with Crippen LogP contribution >= 0.6 is 0 Å². The number of rotatable bonds is 3. The van der Waals surface area contributed by atoms with Crippen molar-refractivity contribution in [2.75, 3.05) is 0 Å². The summed E-state index contributed by atoms with van der Waals surface area (Å²) in [7, 11) is 0. The van der Waals surface area contributed by atoms with Crippen molar-refractivity contribution in [3.63, 3.8) is 0 Å². The van der Waals surface area contributed by atoms with Crippen LogP contribution in [0.2, 0.25) is 0 Å². The smallest absolute Gasteiger partial charge is 0.0625 e. The predicted octanol–water partition coefficient (Wildman–Crippen LogP) is 10.2.